The van der Waals surface area contributed by atoms with Gasteiger partial charge >= 0.3 is 5.69 Å². The molecule has 9 heteroatoms. The van der Waals surface area contributed by atoms with Crippen LogP contribution in [0.25, 0.3) is 0 Å². The number of carbonyl (C=O) groups excluding carboxylic acids is 2. The van der Waals surface area contributed by atoms with Crippen LogP contribution in [0.2, 0.25) is 0 Å². The number of benzene rings is 1. The summed E-state index contributed by atoms with van der Waals surface area (Å²) in [6, 6.07) is 9.32. The van der Waals surface area contributed by atoms with Gasteiger partial charge in [-0.2, -0.15) is 0 Å². The van der Waals surface area contributed by atoms with Gasteiger partial charge in [-0.25, -0.2) is 9.78 Å². The first-order valence-electron chi connectivity index (χ1n) is 13.4. The van der Waals surface area contributed by atoms with Crippen LogP contribution >= 0.6 is 0 Å². The molecule has 4 heterocycles. The molecule has 2 saturated heterocycles. The molecule has 9 nitrogen and oxygen atoms in total. The second-order valence-electron chi connectivity index (χ2n) is 10.5. The molecular formula is C28H36N4O5. The van der Waals surface area contributed by atoms with Crippen molar-refractivity contribution in [3.8, 4) is 5.75 Å². The fourth-order valence-corrected chi connectivity index (χ4v) is 5.80. The average molecular weight is 509 g/mol. The van der Waals surface area contributed by atoms with Gasteiger partial charge in [0, 0.05) is 44.0 Å². The molecule has 1 spiro atoms. The number of hydrogen-bond acceptors (Lipinski definition) is 6. The van der Waals surface area contributed by atoms with Crippen molar-refractivity contribution in [3.05, 3.63) is 58.8 Å². The van der Waals surface area contributed by atoms with Crippen LogP contribution < -0.4 is 10.4 Å². The van der Waals surface area contributed by atoms with E-state index >= 15 is 0 Å². The van der Waals surface area contributed by atoms with Gasteiger partial charge < -0.3 is 19.3 Å². The topological polar surface area (TPSA) is 94.0 Å². The van der Waals surface area contributed by atoms with Crippen LogP contribution in [0.15, 0.2) is 47.5 Å². The van der Waals surface area contributed by atoms with E-state index in [1.165, 1.54) is 10.8 Å². The summed E-state index contributed by atoms with van der Waals surface area (Å²) in [4.78, 5) is 45.8. The third-order valence-electron chi connectivity index (χ3n) is 8.11. The lowest BCUT2D eigenvalue weighted by molar-refractivity contribution is -0.134. The summed E-state index contributed by atoms with van der Waals surface area (Å²) in [5, 5.41) is 0. The van der Waals surface area contributed by atoms with Crippen LogP contribution in [0.4, 0.5) is 0 Å². The van der Waals surface area contributed by atoms with Crippen LogP contribution in [0.5, 0.6) is 5.75 Å². The van der Waals surface area contributed by atoms with E-state index in [1.54, 1.807) is 12.3 Å². The van der Waals surface area contributed by atoms with Gasteiger partial charge in [0.2, 0.25) is 5.91 Å². The maximum absolute atomic E-state index is 13.5. The minimum Gasteiger partial charge on any atom is -0.492 e. The van der Waals surface area contributed by atoms with Crippen molar-refractivity contribution < 1.29 is 19.1 Å². The molecule has 2 fully saturated rings. The zero-order valence-corrected chi connectivity index (χ0v) is 21.3. The first-order valence-corrected chi connectivity index (χ1v) is 13.4. The fourth-order valence-electron chi connectivity index (χ4n) is 5.80. The Hall–Kier alpha value is -3.20. The first kappa shape index (κ1) is 25.4. The van der Waals surface area contributed by atoms with Crippen LogP contribution in [0, 0.1) is 5.41 Å². The highest BCUT2D eigenvalue weighted by Crippen LogP contribution is 2.38. The van der Waals surface area contributed by atoms with Crippen molar-refractivity contribution in [2.75, 3.05) is 39.5 Å². The molecule has 0 unspecified atom stereocenters. The van der Waals surface area contributed by atoms with E-state index in [0.717, 1.165) is 51.5 Å². The molecule has 0 radical (unpaired) electrons. The summed E-state index contributed by atoms with van der Waals surface area (Å²) in [7, 11) is 0. The van der Waals surface area contributed by atoms with Crippen molar-refractivity contribution in [2.45, 2.75) is 57.5 Å². The lowest BCUT2D eigenvalue weighted by atomic mass is 9.75. The molecule has 5 rings (SSSR count). The standard InChI is InChI=1S/C28H36N4O5/c33-25(19-31-14-6-13-29-27(31)35)30-16-11-28(12-17-30)10-3-4-18-36-20-22-7-5-15-32(22)26(34)23-8-1-2-9-24(23)37-21-28/h1-2,6,8-9,13-14,22H,3-5,7,10-12,15-21H2/t22-/m0/s1. The van der Waals surface area contributed by atoms with Gasteiger partial charge in [0.15, 0.2) is 0 Å². The van der Waals surface area contributed by atoms with Crippen LogP contribution in [0.1, 0.15) is 55.3 Å². The van der Waals surface area contributed by atoms with E-state index in [0.29, 0.717) is 44.2 Å². The normalized spacial score (nSPS) is 22.6. The molecule has 0 aliphatic carbocycles. The fraction of sp³-hybridized carbons (Fsp3) is 0.571. The second-order valence-corrected chi connectivity index (χ2v) is 10.5. The number of carbonyl (C=O) groups is 2. The van der Waals surface area contributed by atoms with Gasteiger partial charge in [-0.15, -0.1) is 0 Å². The molecule has 1 atom stereocenters. The predicted octanol–water partition coefficient (Wildman–Crippen LogP) is 2.74. The van der Waals surface area contributed by atoms with E-state index in [4.69, 9.17) is 9.47 Å². The van der Waals surface area contributed by atoms with Crippen LogP contribution in [-0.2, 0) is 16.1 Å². The molecule has 0 saturated carbocycles. The Balaban J connectivity index is 1.29. The van der Waals surface area contributed by atoms with E-state index in [-0.39, 0.29) is 29.8 Å². The number of nitrogens with zero attached hydrogens (tertiary/aromatic N) is 4. The van der Waals surface area contributed by atoms with Crippen molar-refractivity contribution in [3.63, 3.8) is 0 Å². The Morgan fingerprint density at radius 3 is 2.70 bits per heavy atom. The van der Waals surface area contributed by atoms with E-state index in [1.807, 2.05) is 34.1 Å². The SMILES string of the molecule is O=C(Cn1cccnc1=O)N1CCC2(CCCCOC[C@@H]3CCCN3C(=O)c3ccccc3OC2)CC1. The number of rotatable bonds is 2. The third-order valence-corrected chi connectivity index (χ3v) is 8.11. The molecule has 0 bridgehead atoms. The number of fused-ring (bicyclic) bond motifs is 2. The van der Waals surface area contributed by atoms with E-state index in [9.17, 15) is 14.4 Å². The van der Waals surface area contributed by atoms with Crippen molar-refractivity contribution >= 4 is 11.8 Å². The van der Waals surface area contributed by atoms with Crippen molar-refractivity contribution in [1.82, 2.24) is 19.4 Å². The number of para-hydroxylation sites is 1. The molecule has 1 aromatic carbocycles. The molecule has 1 aromatic heterocycles. The molecule has 2 amide bonds. The molecular weight excluding hydrogens is 472 g/mol. The van der Waals surface area contributed by atoms with Crippen LogP contribution in [0.3, 0.4) is 0 Å². The lowest BCUT2D eigenvalue weighted by Crippen LogP contribution is -2.47. The molecule has 37 heavy (non-hydrogen) atoms. The van der Waals surface area contributed by atoms with Gasteiger partial charge in [-0.1, -0.05) is 18.6 Å². The minimum absolute atomic E-state index is 0.000489. The number of amides is 2. The molecule has 3 aliphatic rings. The Kier molecular flexibility index (Phi) is 7.88. The average Bonchev–Trinajstić information content (AvgIpc) is 3.39. The van der Waals surface area contributed by atoms with E-state index < -0.39 is 5.69 Å². The molecule has 198 valence electrons. The predicted molar refractivity (Wildman–Crippen MR) is 137 cm³/mol. The summed E-state index contributed by atoms with van der Waals surface area (Å²) in [5.41, 5.74) is 0.105. The second kappa shape index (κ2) is 11.5. The van der Waals surface area contributed by atoms with Crippen molar-refractivity contribution in [2.24, 2.45) is 5.41 Å². The quantitative estimate of drug-likeness (QED) is 0.619. The number of aromatic nitrogens is 2. The number of piperidine rings is 1. The smallest absolute Gasteiger partial charge is 0.347 e. The summed E-state index contributed by atoms with van der Waals surface area (Å²) >= 11 is 0. The Morgan fingerprint density at radius 2 is 1.86 bits per heavy atom. The minimum atomic E-state index is -0.417. The summed E-state index contributed by atoms with van der Waals surface area (Å²) < 4.78 is 13.8. The van der Waals surface area contributed by atoms with Crippen LogP contribution in [-0.4, -0.2) is 76.7 Å². The summed E-state index contributed by atoms with van der Waals surface area (Å²) in [6.45, 7) is 3.76. The zero-order valence-electron chi connectivity index (χ0n) is 21.3. The van der Waals surface area contributed by atoms with Gasteiger partial charge in [0.1, 0.15) is 12.3 Å². The number of ether oxygens (including phenoxy) is 2. The highest BCUT2D eigenvalue weighted by atomic mass is 16.5. The first-order chi connectivity index (χ1) is 18.0. The highest BCUT2D eigenvalue weighted by Gasteiger charge is 2.37. The zero-order chi connectivity index (χ0) is 25.7. The highest BCUT2D eigenvalue weighted by molar-refractivity contribution is 5.97. The number of hydrogen-bond donors (Lipinski definition) is 0. The maximum Gasteiger partial charge on any atom is 0.347 e. The molecule has 3 aliphatic heterocycles. The Bertz CT molecular complexity index is 1160. The Labute approximate surface area is 217 Å². The molecule has 0 N–H and O–H groups in total. The third kappa shape index (κ3) is 5.87. The Morgan fingerprint density at radius 1 is 1.03 bits per heavy atom. The maximum atomic E-state index is 13.5. The largest absolute Gasteiger partial charge is 0.492 e. The van der Waals surface area contributed by atoms with Gasteiger partial charge in [-0.05, 0) is 56.7 Å². The van der Waals surface area contributed by atoms with E-state index in [2.05, 4.69) is 4.98 Å². The van der Waals surface area contributed by atoms with Crippen molar-refractivity contribution in [1.29, 1.82) is 0 Å². The lowest BCUT2D eigenvalue weighted by Gasteiger charge is -2.42. The summed E-state index contributed by atoms with van der Waals surface area (Å²) in [5.74, 6) is 0.570. The monoisotopic (exact) mass is 508 g/mol. The van der Waals surface area contributed by atoms with Gasteiger partial charge in [0.05, 0.1) is 24.8 Å². The van der Waals surface area contributed by atoms with Gasteiger partial charge in [-0.3, -0.25) is 14.2 Å². The summed E-state index contributed by atoms with van der Waals surface area (Å²) in [6.07, 6.45) is 9.59. The molecule has 2 aromatic rings. The number of likely N-dealkylation sites (tertiary alicyclic amines) is 1. The van der Waals surface area contributed by atoms with Gasteiger partial charge in [0.25, 0.3) is 5.91 Å².